The molecule has 1 aromatic heterocycles. The van der Waals surface area contributed by atoms with Crippen LogP contribution in [0.25, 0.3) is 0 Å². The Hall–Kier alpha value is -2.80. The SMILES string of the molecule is COc1ccc(N2C(=O)C[C@H](N(C)Cc3ccc([C@@H]4C[C@@H]4C)o3)C2=O)c(OC)c1. The van der Waals surface area contributed by atoms with E-state index < -0.39 is 6.04 Å². The molecule has 4 rings (SSSR count). The molecule has 1 aromatic carbocycles. The second-order valence-corrected chi connectivity index (χ2v) is 7.86. The molecular formula is C22H26N2O5. The Kier molecular flexibility index (Phi) is 5.08. The van der Waals surface area contributed by atoms with E-state index in [1.807, 2.05) is 24.1 Å². The Labute approximate surface area is 170 Å². The maximum atomic E-state index is 13.1. The molecule has 7 nitrogen and oxygen atoms in total. The summed E-state index contributed by atoms with van der Waals surface area (Å²) in [5.74, 6) is 3.52. The lowest BCUT2D eigenvalue weighted by molar-refractivity contribution is -0.122. The number of likely N-dealkylation sites (N-methyl/N-ethyl adjacent to an activating group) is 1. The molecule has 0 bridgehead atoms. The molecule has 3 atom stereocenters. The highest BCUT2D eigenvalue weighted by Crippen LogP contribution is 2.47. The number of furan rings is 1. The molecule has 29 heavy (non-hydrogen) atoms. The van der Waals surface area contributed by atoms with E-state index >= 15 is 0 Å². The van der Waals surface area contributed by atoms with Gasteiger partial charge in [-0.05, 0) is 43.7 Å². The van der Waals surface area contributed by atoms with Gasteiger partial charge in [-0.2, -0.15) is 0 Å². The molecule has 1 aliphatic carbocycles. The number of rotatable bonds is 7. The molecule has 154 valence electrons. The average molecular weight is 398 g/mol. The van der Waals surface area contributed by atoms with Crippen LogP contribution >= 0.6 is 0 Å². The van der Waals surface area contributed by atoms with Crippen LogP contribution in [0.5, 0.6) is 11.5 Å². The van der Waals surface area contributed by atoms with Gasteiger partial charge in [0, 0.05) is 12.0 Å². The van der Waals surface area contributed by atoms with Crippen molar-refractivity contribution in [1.29, 1.82) is 0 Å². The van der Waals surface area contributed by atoms with Gasteiger partial charge in [-0.25, -0.2) is 4.90 Å². The first-order valence-electron chi connectivity index (χ1n) is 9.80. The van der Waals surface area contributed by atoms with Crippen molar-refractivity contribution in [1.82, 2.24) is 4.90 Å². The number of nitrogens with zero attached hydrogens (tertiary/aromatic N) is 2. The average Bonchev–Trinajstić information content (AvgIpc) is 3.13. The molecule has 0 spiro atoms. The van der Waals surface area contributed by atoms with E-state index in [1.165, 1.54) is 12.0 Å². The molecule has 2 amide bonds. The van der Waals surface area contributed by atoms with Gasteiger partial charge >= 0.3 is 0 Å². The fourth-order valence-electron chi connectivity index (χ4n) is 3.94. The Morgan fingerprint density at radius 1 is 1.17 bits per heavy atom. The minimum Gasteiger partial charge on any atom is -0.497 e. The maximum absolute atomic E-state index is 13.1. The van der Waals surface area contributed by atoms with Crippen LogP contribution in [-0.2, 0) is 16.1 Å². The minimum absolute atomic E-state index is 0.123. The number of amides is 2. The van der Waals surface area contributed by atoms with Crippen LogP contribution in [0.15, 0.2) is 34.7 Å². The van der Waals surface area contributed by atoms with Crippen molar-refractivity contribution in [3.05, 3.63) is 41.9 Å². The van der Waals surface area contributed by atoms with Crippen LogP contribution in [0.2, 0.25) is 0 Å². The van der Waals surface area contributed by atoms with Gasteiger partial charge in [0.1, 0.15) is 23.0 Å². The van der Waals surface area contributed by atoms with Crippen molar-refractivity contribution in [3.8, 4) is 11.5 Å². The highest BCUT2D eigenvalue weighted by atomic mass is 16.5. The van der Waals surface area contributed by atoms with Crippen LogP contribution in [0.3, 0.4) is 0 Å². The number of carbonyl (C=O) groups excluding carboxylic acids is 2. The van der Waals surface area contributed by atoms with E-state index in [-0.39, 0.29) is 18.2 Å². The second kappa shape index (κ2) is 7.55. The van der Waals surface area contributed by atoms with E-state index in [9.17, 15) is 9.59 Å². The number of carbonyl (C=O) groups is 2. The Morgan fingerprint density at radius 3 is 2.59 bits per heavy atom. The molecule has 0 radical (unpaired) electrons. The third-order valence-corrected chi connectivity index (χ3v) is 5.85. The summed E-state index contributed by atoms with van der Waals surface area (Å²) in [5, 5.41) is 0. The summed E-state index contributed by atoms with van der Waals surface area (Å²) in [5.41, 5.74) is 0.433. The summed E-state index contributed by atoms with van der Waals surface area (Å²) in [4.78, 5) is 28.8. The molecule has 2 aromatic rings. The topological polar surface area (TPSA) is 72.2 Å². The predicted octanol–water partition coefficient (Wildman–Crippen LogP) is 3.18. The molecule has 0 N–H and O–H groups in total. The summed E-state index contributed by atoms with van der Waals surface area (Å²) in [7, 11) is 4.89. The summed E-state index contributed by atoms with van der Waals surface area (Å²) in [6.07, 6.45) is 1.29. The van der Waals surface area contributed by atoms with Crippen molar-refractivity contribution in [2.45, 2.75) is 38.3 Å². The summed E-state index contributed by atoms with van der Waals surface area (Å²) in [6, 6.07) is 8.48. The highest BCUT2D eigenvalue weighted by Gasteiger charge is 2.43. The third-order valence-electron chi connectivity index (χ3n) is 5.85. The van der Waals surface area contributed by atoms with Crippen LogP contribution in [0.1, 0.15) is 37.2 Å². The molecule has 0 unspecified atom stereocenters. The quantitative estimate of drug-likeness (QED) is 0.667. The Bertz CT molecular complexity index is 937. The van der Waals surface area contributed by atoms with Crippen molar-refractivity contribution in [2.24, 2.45) is 5.92 Å². The summed E-state index contributed by atoms with van der Waals surface area (Å²) in [6.45, 7) is 2.68. The Balaban J connectivity index is 1.49. The first-order chi connectivity index (χ1) is 13.9. The zero-order valence-corrected chi connectivity index (χ0v) is 17.2. The number of benzene rings is 1. The van der Waals surface area contributed by atoms with Gasteiger partial charge in [-0.1, -0.05) is 6.92 Å². The molecule has 1 saturated heterocycles. The van der Waals surface area contributed by atoms with Crippen LogP contribution < -0.4 is 14.4 Å². The number of imide groups is 1. The van der Waals surface area contributed by atoms with Crippen molar-refractivity contribution >= 4 is 17.5 Å². The second-order valence-electron chi connectivity index (χ2n) is 7.86. The van der Waals surface area contributed by atoms with Crippen LogP contribution in [-0.4, -0.2) is 44.0 Å². The van der Waals surface area contributed by atoms with E-state index in [2.05, 4.69) is 6.92 Å². The molecule has 1 aliphatic heterocycles. The molecular weight excluding hydrogens is 372 g/mol. The van der Waals surface area contributed by atoms with Crippen molar-refractivity contribution < 1.29 is 23.5 Å². The van der Waals surface area contributed by atoms with Gasteiger partial charge in [0.05, 0.1) is 38.9 Å². The summed E-state index contributed by atoms with van der Waals surface area (Å²) < 4.78 is 16.5. The zero-order chi connectivity index (χ0) is 20.7. The number of hydrogen-bond donors (Lipinski definition) is 0. The van der Waals surface area contributed by atoms with E-state index in [0.717, 1.165) is 17.9 Å². The first kappa shape index (κ1) is 19.5. The number of anilines is 1. The standard InChI is InChI=1S/C22H26N2O5/c1-13-9-16(13)19-8-6-15(29-19)12-23(2)18-11-21(25)24(22(18)26)17-7-5-14(27-3)10-20(17)28-4/h5-8,10,13,16,18H,9,11-12H2,1-4H3/t13-,16+,18-/m0/s1. The van der Waals surface area contributed by atoms with Gasteiger partial charge in [0.2, 0.25) is 5.91 Å². The monoisotopic (exact) mass is 398 g/mol. The van der Waals surface area contributed by atoms with Gasteiger partial charge < -0.3 is 13.9 Å². The lowest BCUT2D eigenvalue weighted by Gasteiger charge is -2.22. The van der Waals surface area contributed by atoms with E-state index in [0.29, 0.717) is 35.6 Å². The van der Waals surface area contributed by atoms with Gasteiger partial charge in [-0.15, -0.1) is 0 Å². The van der Waals surface area contributed by atoms with E-state index in [4.69, 9.17) is 13.9 Å². The van der Waals surface area contributed by atoms with Gasteiger partial charge in [0.15, 0.2) is 0 Å². The summed E-state index contributed by atoms with van der Waals surface area (Å²) >= 11 is 0. The van der Waals surface area contributed by atoms with Crippen molar-refractivity contribution in [3.63, 3.8) is 0 Å². The first-order valence-corrected chi connectivity index (χ1v) is 9.80. The lowest BCUT2D eigenvalue weighted by atomic mass is 10.2. The van der Waals surface area contributed by atoms with Crippen LogP contribution in [0.4, 0.5) is 5.69 Å². The number of methoxy groups -OCH3 is 2. The molecule has 2 heterocycles. The fourth-order valence-corrected chi connectivity index (χ4v) is 3.94. The normalized spacial score (nSPS) is 23.8. The molecule has 2 fully saturated rings. The third kappa shape index (κ3) is 3.62. The number of hydrogen-bond acceptors (Lipinski definition) is 6. The molecule has 2 aliphatic rings. The van der Waals surface area contributed by atoms with Crippen molar-refractivity contribution in [2.75, 3.05) is 26.2 Å². The Morgan fingerprint density at radius 2 is 1.93 bits per heavy atom. The van der Waals surface area contributed by atoms with Gasteiger partial charge in [0.25, 0.3) is 5.91 Å². The largest absolute Gasteiger partial charge is 0.497 e. The fraction of sp³-hybridized carbons (Fsp3) is 0.455. The zero-order valence-electron chi connectivity index (χ0n) is 17.2. The lowest BCUT2D eigenvalue weighted by Crippen LogP contribution is -2.39. The number of ether oxygens (including phenoxy) is 2. The van der Waals surface area contributed by atoms with Crippen LogP contribution in [0, 0.1) is 5.92 Å². The molecule has 1 saturated carbocycles. The highest BCUT2D eigenvalue weighted by molar-refractivity contribution is 6.23. The van der Waals surface area contributed by atoms with Gasteiger partial charge in [-0.3, -0.25) is 14.5 Å². The molecule has 7 heteroatoms. The minimum atomic E-state index is -0.539. The predicted molar refractivity (Wildman–Crippen MR) is 107 cm³/mol. The smallest absolute Gasteiger partial charge is 0.251 e. The maximum Gasteiger partial charge on any atom is 0.251 e. The van der Waals surface area contributed by atoms with E-state index in [1.54, 1.807) is 25.3 Å².